The van der Waals surface area contributed by atoms with Gasteiger partial charge in [0, 0.05) is 25.8 Å². The molecule has 11 heteroatoms. The molecule has 0 aliphatic carbocycles. The van der Waals surface area contributed by atoms with Crippen LogP contribution in [0.5, 0.6) is 5.75 Å². The second-order valence-corrected chi connectivity index (χ2v) is 10.1. The van der Waals surface area contributed by atoms with Crippen LogP contribution in [-0.4, -0.2) is 30.4 Å². The summed E-state index contributed by atoms with van der Waals surface area (Å²) in [6.07, 6.45) is 1.30. The molecule has 4 rings (SSSR count). The van der Waals surface area contributed by atoms with E-state index in [9.17, 15) is 19.2 Å². The number of carbonyl (C=O) groups excluding carboxylic acids is 4. The Kier molecular flexibility index (Phi) is 8.20. The fraction of sp³-hybridized carbons (Fsp3) is 0.111. The number of aryl methyl sites for hydroxylation is 1. The van der Waals surface area contributed by atoms with E-state index >= 15 is 0 Å². The van der Waals surface area contributed by atoms with Crippen LogP contribution in [0.4, 0.5) is 16.2 Å². The molecule has 1 heterocycles. The number of carbonyl (C=O) groups is 4. The van der Waals surface area contributed by atoms with Crippen LogP contribution in [0.25, 0.3) is 6.08 Å². The van der Waals surface area contributed by atoms with Crippen LogP contribution >= 0.6 is 39.1 Å². The molecule has 1 fully saturated rings. The number of imide groups is 2. The van der Waals surface area contributed by atoms with Gasteiger partial charge < -0.3 is 10.1 Å². The zero-order valence-corrected chi connectivity index (χ0v) is 23.2. The normalized spacial score (nSPS) is 14.5. The van der Waals surface area contributed by atoms with E-state index in [-0.39, 0.29) is 23.6 Å². The maximum Gasteiger partial charge on any atom is 0.335 e. The van der Waals surface area contributed by atoms with Crippen molar-refractivity contribution in [3.8, 4) is 5.75 Å². The molecule has 3 aromatic rings. The van der Waals surface area contributed by atoms with Gasteiger partial charge in [-0.2, -0.15) is 0 Å². The lowest BCUT2D eigenvalue weighted by atomic mass is 10.0. The first-order valence-corrected chi connectivity index (χ1v) is 12.7. The molecule has 2 N–H and O–H groups in total. The van der Waals surface area contributed by atoms with Gasteiger partial charge in [0.15, 0.2) is 6.61 Å². The number of rotatable bonds is 6. The van der Waals surface area contributed by atoms with Crippen molar-refractivity contribution in [3.05, 3.63) is 91.4 Å². The summed E-state index contributed by atoms with van der Waals surface area (Å²) in [6.45, 7) is 3.16. The van der Waals surface area contributed by atoms with Crippen LogP contribution in [0.15, 0.2) is 64.6 Å². The largest absolute Gasteiger partial charge is 0.483 e. The van der Waals surface area contributed by atoms with Crippen LogP contribution < -0.4 is 20.3 Å². The first kappa shape index (κ1) is 27.4. The van der Waals surface area contributed by atoms with E-state index in [1.807, 2.05) is 6.92 Å². The lowest BCUT2D eigenvalue weighted by Gasteiger charge is -2.27. The van der Waals surface area contributed by atoms with Gasteiger partial charge in [-0.3, -0.25) is 19.7 Å². The third-order valence-electron chi connectivity index (χ3n) is 5.67. The maximum absolute atomic E-state index is 13.3. The summed E-state index contributed by atoms with van der Waals surface area (Å²) < 4.78 is 6.34. The Labute approximate surface area is 236 Å². The summed E-state index contributed by atoms with van der Waals surface area (Å²) >= 11 is 15.6. The smallest absolute Gasteiger partial charge is 0.335 e. The van der Waals surface area contributed by atoms with Crippen molar-refractivity contribution >= 4 is 80.3 Å². The number of hydrogen-bond donors (Lipinski definition) is 2. The lowest BCUT2D eigenvalue weighted by Crippen LogP contribution is -2.54. The molecule has 194 valence electrons. The Balaban J connectivity index is 1.59. The van der Waals surface area contributed by atoms with Gasteiger partial charge in [0.1, 0.15) is 11.3 Å². The predicted octanol–water partition coefficient (Wildman–Crippen LogP) is 6.06. The molecule has 1 saturated heterocycles. The highest BCUT2D eigenvalue weighted by molar-refractivity contribution is 9.10. The lowest BCUT2D eigenvalue weighted by molar-refractivity contribution is -0.122. The van der Waals surface area contributed by atoms with Crippen LogP contribution in [-0.2, 0) is 14.4 Å². The van der Waals surface area contributed by atoms with Crippen molar-refractivity contribution in [2.75, 3.05) is 16.8 Å². The van der Waals surface area contributed by atoms with Crippen molar-refractivity contribution < 1.29 is 23.9 Å². The SMILES string of the molecule is Cc1ccc(NC(=O)COc2ccc(Br)cc2/C=C2/C(=O)NC(=O)N(c3cccc(Cl)c3C)C2=O)cc1Cl. The molecule has 1 aliphatic rings. The molecule has 0 unspecified atom stereocenters. The Morgan fingerprint density at radius 3 is 2.55 bits per heavy atom. The first-order valence-electron chi connectivity index (χ1n) is 11.2. The molecule has 0 bridgehead atoms. The van der Waals surface area contributed by atoms with Crippen molar-refractivity contribution in [3.63, 3.8) is 0 Å². The van der Waals surface area contributed by atoms with Gasteiger partial charge in [0.2, 0.25) is 0 Å². The minimum atomic E-state index is -0.888. The van der Waals surface area contributed by atoms with Crippen LogP contribution in [0.2, 0.25) is 10.0 Å². The number of urea groups is 1. The van der Waals surface area contributed by atoms with Gasteiger partial charge in [-0.25, -0.2) is 9.69 Å². The number of hydrogen-bond acceptors (Lipinski definition) is 5. The number of nitrogens with one attached hydrogen (secondary N) is 2. The average molecular weight is 617 g/mol. The fourth-order valence-corrected chi connectivity index (χ4v) is 4.37. The standard InChI is InChI=1S/C27H20BrCl2N3O5/c1-14-6-8-18(12-21(14)30)31-24(34)13-38-23-9-7-17(28)10-16(23)11-19-25(35)32-27(37)33(26(19)36)22-5-3-4-20(29)15(22)2/h3-12H,13H2,1-2H3,(H,31,34)(H,32,35,37)/b19-11-. The Bertz CT molecular complexity index is 1520. The number of barbiturate groups is 1. The van der Waals surface area contributed by atoms with E-state index in [1.165, 1.54) is 6.08 Å². The molecular formula is C27H20BrCl2N3O5. The van der Waals surface area contributed by atoms with Crippen molar-refractivity contribution in [1.29, 1.82) is 0 Å². The zero-order valence-electron chi connectivity index (χ0n) is 20.1. The molecule has 3 aromatic carbocycles. The third kappa shape index (κ3) is 5.91. The second kappa shape index (κ2) is 11.4. The molecule has 1 aliphatic heterocycles. The quantitative estimate of drug-likeness (QED) is 0.259. The topological polar surface area (TPSA) is 105 Å². The number of ether oxygens (including phenoxy) is 1. The van der Waals surface area contributed by atoms with E-state index in [0.29, 0.717) is 31.3 Å². The van der Waals surface area contributed by atoms with Gasteiger partial charge in [0.05, 0.1) is 5.69 Å². The first-order chi connectivity index (χ1) is 18.0. The summed E-state index contributed by atoms with van der Waals surface area (Å²) in [5, 5.41) is 5.76. The second-order valence-electron chi connectivity index (χ2n) is 8.32. The van der Waals surface area contributed by atoms with Crippen LogP contribution in [0.1, 0.15) is 16.7 Å². The van der Waals surface area contributed by atoms with Gasteiger partial charge in [0.25, 0.3) is 17.7 Å². The zero-order chi connectivity index (χ0) is 27.6. The Morgan fingerprint density at radius 1 is 1.05 bits per heavy atom. The van der Waals surface area contributed by atoms with Crippen LogP contribution in [0, 0.1) is 13.8 Å². The van der Waals surface area contributed by atoms with E-state index < -0.39 is 23.8 Å². The highest BCUT2D eigenvalue weighted by Crippen LogP contribution is 2.31. The monoisotopic (exact) mass is 615 g/mol. The number of benzene rings is 3. The molecule has 0 radical (unpaired) electrons. The summed E-state index contributed by atoms with van der Waals surface area (Å²) in [6, 6.07) is 13.9. The van der Waals surface area contributed by atoms with Crippen molar-refractivity contribution in [1.82, 2.24) is 5.32 Å². The molecule has 0 atom stereocenters. The summed E-state index contributed by atoms with van der Waals surface area (Å²) in [5.74, 6) is -1.90. The molecular weight excluding hydrogens is 597 g/mol. The number of halogens is 3. The predicted molar refractivity (Wildman–Crippen MR) is 150 cm³/mol. The Hall–Kier alpha value is -3.66. The molecule has 0 saturated carbocycles. The van der Waals surface area contributed by atoms with Crippen LogP contribution in [0.3, 0.4) is 0 Å². The third-order valence-corrected chi connectivity index (χ3v) is 6.98. The average Bonchev–Trinajstić information content (AvgIpc) is 2.86. The highest BCUT2D eigenvalue weighted by Gasteiger charge is 2.37. The van der Waals surface area contributed by atoms with E-state index in [2.05, 4.69) is 26.6 Å². The van der Waals surface area contributed by atoms with Crippen molar-refractivity contribution in [2.24, 2.45) is 0 Å². The minimum Gasteiger partial charge on any atom is -0.483 e. The molecule has 0 spiro atoms. The summed E-state index contributed by atoms with van der Waals surface area (Å²) in [5.41, 5.74) is 2.17. The van der Waals surface area contributed by atoms with Gasteiger partial charge in [-0.05, 0) is 73.5 Å². The Morgan fingerprint density at radius 2 is 1.82 bits per heavy atom. The van der Waals surface area contributed by atoms with Gasteiger partial charge >= 0.3 is 6.03 Å². The number of amides is 5. The molecule has 0 aromatic heterocycles. The number of anilines is 2. The van der Waals surface area contributed by atoms with E-state index in [1.54, 1.807) is 61.5 Å². The number of nitrogens with zero attached hydrogens (tertiary/aromatic N) is 1. The molecule has 5 amide bonds. The van der Waals surface area contributed by atoms with E-state index in [0.717, 1.165) is 10.5 Å². The summed E-state index contributed by atoms with van der Waals surface area (Å²) in [4.78, 5) is 51.9. The van der Waals surface area contributed by atoms with E-state index in [4.69, 9.17) is 27.9 Å². The highest BCUT2D eigenvalue weighted by atomic mass is 79.9. The van der Waals surface area contributed by atoms with Crippen molar-refractivity contribution in [2.45, 2.75) is 13.8 Å². The molecule has 8 nitrogen and oxygen atoms in total. The van der Waals surface area contributed by atoms with Gasteiger partial charge in [-0.15, -0.1) is 0 Å². The van der Waals surface area contributed by atoms with Gasteiger partial charge in [-0.1, -0.05) is 51.3 Å². The minimum absolute atomic E-state index is 0.237. The molecule has 38 heavy (non-hydrogen) atoms. The maximum atomic E-state index is 13.3. The fourth-order valence-electron chi connectivity index (χ4n) is 3.64. The summed E-state index contributed by atoms with van der Waals surface area (Å²) in [7, 11) is 0.